The van der Waals surface area contributed by atoms with Crippen LogP contribution in [-0.4, -0.2) is 48.3 Å². The maximum absolute atomic E-state index is 12.9. The Morgan fingerprint density at radius 3 is 2.15 bits per heavy atom. The van der Waals surface area contributed by atoms with E-state index in [1.165, 1.54) is 4.90 Å². The highest BCUT2D eigenvalue weighted by atomic mass is 16.2. The first-order valence-electron chi connectivity index (χ1n) is 8.65. The molecule has 134 valence electrons. The van der Waals surface area contributed by atoms with Crippen LogP contribution in [0.1, 0.15) is 29.8 Å². The molecule has 0 aliphatic carbocycles. The van der Waals surface area contributed by atoms with E-state index >= 15 is 0 Å². The molecular formula is C21H23N3O2. The number of nitrogens with zero attached hydrogens (tertiary/aromatic N) is 3. The highest BCUT2D eigenvalue weighted by Crippen LogP contribution is 2.27. The van der Waals surface area contributed by atoms with Crippen LogP contribution in [0.5, 0.6) is 0 Å². The third kappa shape index (κ3) is 4.09. The summed E-state index contributed by atoms with van der Waals surface area (Å²) in [4.78, 5) is 28.4. The van der Waals surface area contributed by atoms with E-state index in [-0.39, 0.29) is 18.4 Å². The monoisotopic (exact) mass is 349 g/mol. The van der Waals surface area contributed by atoms with Gasteiger partial charge in [0.1, 0.15) is 0 Å². The number of carbonyl (C=O) groups excluding carboxylic acids is 2. The molecule has 0 heterocycles. The molecule has 0 fully saturated rings. The molecule has 0 saturated heterocycles. The standard InChI is InChI=1S/C21H23N3O2/c1-4-24(5-2)20(25)15-23(3)21(26)19-13-9-8-12-18(19)17-11-7-6-10-16(17)14-22/h6-13H,4-5,15H2,1-3H3. The van der Waals surface area contributed by atoms with Crippen molar-refractivity contribution in [1.82, 2.24) is 9.80 Å². The summed E-state index contributed by atoms with van der Waals surface area (Å²) in [5.41, 5.74) is 2.39. The zero-order valence-corrected chi connectivity index (χ0v) is 15.4. The zero-order valence-electron chi connectivity index (χ0n) is 15.4. The Kier molecular flexibility index (Phi) is 6.51. The van der Waals surface area contributed by atoms with Crippen LogP contribution in [0.15, 0.2) is 48.5 Å². The Bertz CT molecular complexity index is 835. The first-order valence-corrected chi connectivity index (χ1v) is 8.65. The van der Waals surface area contributed by atoms with Gasteiger partial charge in [0.2, 0.25) is 5.91 Å². The predicted octanol–water partition coefficient (Wildman–Crippen LogP) is 3.17. The van der Waals surface area contributed by atoms with Crippen LogP contribution in [0, 0.1) is 11.3 Å². The normalized spacial score (nSPS) is 10.1. The van der Waals surface area contributed by atoms with Gasteiger partial charge in [-0.2, -0.15) is 5.26 Å². The molecule has 0 aromatic heterocycles. The largest absolute Gasteiger partial charge is 0.342 e. The Labute approximate surface area is 154 Å². The van der Waals surface area contributed by atoms with Crippen molar-refractivity contribution in [3.05, 3.63) is 59.7 Å². The first kappa shape index (κ1) is 19.2. The number of benzene rings is 2. The van der Waals surface area contributed by atoms with Crippen LogP contribution in [0.3, 0.4) is 0 Å². The minimum Gasteiger partial charge on any atom is -0.342 e. The van der Waals surface area contributed by atoms with Gasteiger partial charge >= 0.3 is 0 Å². The lowest BCUT2D eigenvalue weighted by atomic mass is 9.95. The van der Waals surface area contributed by atoms with E-state index in [1.54, 1.807) is 36.2 Å². The number of likely N-dealkylation sites (N-methyl/N-ethyl adjacent to an activating group) is 2. The van der Waals surface area contributed by atoms with Crippen LogP contribution >= 0.6 is 0 Å². The summed E-state index contributed by atoms with van der Waals surface area (Å²) in [5, 5.41) is 9.36. The SMILES string of the molecule is CCN(CC)C(=O)CN(C)C(=O)c1ccccc1-c1ccccc1C#N. The van der Waals surface area contributed by atoms with E-state index in [0.29, 0.717) is 35.3 Å². The van der Waals surface area contributed by atoms with Crippen LogP contribution in [0.25, 0.3) is 11.1 Å². The van der Waals surface area contributed by atoms with Gasteiger partial charge in [0.15, 0.2) is 0 Å². The highest BCUT2D eigenvalue weighted by Gasteiger charge is 2.21. The van der Waals surface area contributed by atoms with E-state index in [2.05, 4.69) is 6.07 Å². The van der Waals surface area contributed by atoms with Gasteiger partial charge in [0, 0.05) is 31.3 Å². The van der Waals surface area contributed by atoms with Crippen LogP contribution in [0.2, 0.25) is 0 Å². The molecule has 0 aliphatic heterocycles. The molecule has 0 unspecified atom stereocenters. The van der Waals surface area contributed by atoms with Gasteiger partial charge < -0.3 is 9.80 Å². The fourth-order valence-corrected chi connectivity index (χ4v) is 2.88. The van der Waals surface area contributed by atoms with Crippen molar-refractivity contribution in [2.24, 2.45) is 0 Å². The quantitative estimate of drug-likeness (QED) is 0.805. The Morgan fingerprint density at radius 1 is 0.962 bits per heavy atom. The molecule has 0 radical (unpaired) electrons. The van der Waals surface area contributed by atoms with E-state index in [4.69, 9.17) is 0 Å². The molecule has 0 saturated carbocycles. The molecule has 0 N–H and O–H groups in total. The first-order chi connectivity index (χ1) is 12.5. The Morgan fingerprint density at radius 2 is 1.54 bits per heavy atom. The Balaban J connectivity index is 2.33. The molecule has 2 rings (SSSR count). The van der Waals surface area contributed by atoms with Crippen LogP contribution < -0.4 is 0 Å². The number of amides is 2. The average Bonchev–Trinajstić information content (AvgIpc) is 2.68. The van der Waals surface area contributed by atoms with Gasteiger partial charge in [-0.1, -0.05) is 36.4 Å². The van der Waals surface area contributed by atoms with Crippen molar-refractivity contribution in [3.8, 4) is 17.2 Å². The molecule has 5 nitrogen and oxygen atoms in total. The minimum absolute atomic E-state index is 0.0226. The molecule has 2 amide bonds. The molecule has 0 atom stereocenters. The second kappa shape index (κ2) is 8.82. The molecule has 2 aromatic carbocycles. The fraction of sp³-hybridized carbons (Fsp3) is 0.286. The van der Waals surface area contributed by atoms with Crippen molar-refractivity contribution in [2.45, 2.75) is 13.8 Å². The number of hydrogen-bond acceptors (Lipinski definition) is 3. The predicted molar refractivity (Wildman–Crippen MR) is 101 cm³/mol. The lowest BCUT2D eigenvalue weighted by molar-refractivity contribution is -0.131. The van der Waals surface area contributed by atoms with E-state index < -0.39 is 0 Å². The fourth-order valence-electron chi connectivity index (χ4n) is 2.88. The van der Waals surface area contributed by atoms with E-state index in [9.17, 15) is 14.9 Å². The Hall–Kier alpha value is -3.13. The van der Waals surface area contributed by atoms with Gasteiger partial charge in [0.05, 0.1) is 18.2 Å². The minimum atomic E-state index is -0.242. The van der Waals surface area contributed by atoms with Crippen molar-refractivity contribution in [3.63, 3.8) is 0 Å². The second-order valence-electron chi connectivity index (χ2n) is 5.93. The summed E-state index contributed by atoms with van der Waals surface area (Å²) in [5.74, 6) is -0.324. The number of hydrogen-bond donors (Lipinski definition) is 0. The van der Waals surface area contributed by atoms with E-state index in [0.717, 1.165) is 0 Å². The van der Waals surface area contributed by atoms with Gasteiger partial charge in [-0.25, -0.2) is 0 Å². The summed E-state index contributed by atoms with van der Waals surface area (Å²) in [6, 6.07) is 16.5. The average molecular weight is 349 g/mol. The van der Waals surface area contributed by atoms with Gasteiger partial charge in [-0.3, -0.25) is 9.59 Å². The van der Waals surface area contributed by atoms with Crippen molar-refractivity contribution < 1.29 is 9.59 Å². The zero-order chi connectivity index (χ0) is 19.1. The summed E-state index contributed by atoms with van der Waals surface area (Å²) in [6.07, 6.45) is 0. The maximum atomic E-state index is 12.9. The maximum Gasteiger partial charge on any atom is 0.254 e. The smallest absolute Gasteiger partial charge is 0.254 e. The number of carbonyl (C=O) groups is 2. The van der Waals surface area contributed by atoms with Crippen molar-refractivity contribution in [2.75, 3.05) is 26.7 Å². The van der Waals surface area contributed by atoms with Crippen molar-refractivity contribution in [1.29, 1.82) is 5.26 Å². The molecule has 2 aromatic rings. The van der Waals surface area contributed by atoms with E-state index in [1.807, 2.05) is 38.1 Å². The van der Waals surface area contributed by atoms with Gasteiger partial charge in [-0.15, -0.1) is 0 Å². The highest BCUT2D eigenvalue weighted by molar-refractivity contribution is 6.02. The van der Waals surface area contributed by atoms with Crippen molar-refractivity contribution >= 4 is 11.8 Å². The summed E-state index contributed by atoms with van der Waals surface area (Å²) in [6.45, 7) is 5.08. The third-order valence-corrected chi connectivity index (χ3v) is 4.33. The topological polar surface area (TPSA) is 64.4 Å². The number of nitriles is 1. The summed E-state index contributed by atoms with van der Waals surface area (Å²) in [7, 11) is 1.62. The molecule has 26 heavy (non-hydrogen) atoms. The van der Waals surface area contributed by atoms with Gasteiger partial charge in [0.25, 0.3) is 5.91 Å². The van der Waals surface area contributed by atoms with Crippen LogP contribution in [0.4, 0.5) is 0 Å². The molecular weight excluding hydrogens is 326 g/mol. The van der Waals surface area contributed by atoms with Crippen LogP contribution in [-0.2, 0) is 4.79 Å². The number of rotatable bonds is 6. The molecule has 0 aliphatic rings. The second-order valence-corrected chi connectivity index (χ2v) is 5.93. The summed E-state index contributed by atoms with van der Waals surface area (Å²) < 4.78 is 0. The lowest BCUT2D eigenvalue weighted by Crippen LogP contribution is -2.41. The molecule has 5 heteroatoms. The van der Waals surface area contributed by atoms with Gasteiger partial charge in [-0.05, 0) is 31.5 Å². The summed E-state index contributed by atoms with van der Waals surface area (Å²) >= 11 is 0. The third-order valence-electron chi connectivity index (χ3n) is 4.33. The molecule has 0 spiro atoms. The lowest BCUT2D eigenvalue weighted by Gasteiger charge is -2.24. The molecule has 0 bridgehead atoms.